The van der Waals surface area contributed by atoms with Crippen LogP contribution in [0.5, 0.6) is 0 Å². The van der Waals surface area contributed by atoms with Gasteiger partial charge in [0.1, 0.15) is 0 Å². The van der Waals surface area contributed by atoms with Crippen LogP contribution in [0.3, 0.4) is 0 Å². The zero-order valence-electron chi connectivity index (χ0n) is 12.9. The molecule has 0 bridgehead atoms. The zero-order chi connectivity index (χ0) is 17.1. The van der Waals surface area contributed by atoms with E-state index in [4.69, 9.17) is 11.6 Å². The second-order valence-electron chi connectivity index (χ2n) is 5.35. The van der Waals surface area contributed by atoms with Crippen molar-refractivity contribution in [2.45, 2.75) is 13.0 Å². The molecule has 0 aliphatic rings. The number of benzene rings is 2. The van der Waals surface area contributed by atoms with Crippen molar-refractivity contribution in [3.63, 3.8) is 0 Å². The van der Waals surface area contributed by atoms with Crippen LogP contribution in [-0.2, 0) is 0 Å². The zero-order valence-corrected chi connectivity index (χ0v) is 13.6. The van der Waals surface area contributed by atoms with Gasteiger partial charge in [0.25, 0.3) is 5.69 Å². The normalized spacial score (nSPS) is 11.9. The Morgan fingerprint density at radius 1 is 1.25 bits per heavy atom. The quantitative estimate of drug-likeness (QED) is 0.543. The molecule has 0 saturated carbocycles. The molecule has 0 unspecified atom stereocenters. The molecule has 24 heavy (non-hydrogen) atoms. The Bertz CT molecular complexity index is 848. The fraction of sp³-hybridized carbons (Fsp3) is 0.118. The molecule has 0 saturated heterocycles. The maximum Gasteiger partial charge on any atom is 0.271 e. The van der Waals surface area contributed by atoms with Crippen LogP contribution < -0.4 is 5.32 Å². The molecular formula is C17H15ClN4O2. The lowest BCUT2D eigenvalue weighted by molar-refractivity contribution is -0.384. The average Bonchev–Trinajstić information content (AvgIpc) is 3.11. The predicted octanol–water partition coefficient (Wildman–Crippen LogP) is 4.61. The number of halogens is 1. The standard InChI is InChI=1S/C17H15ClN4O2/c1-12(20-17-7-6-15(22(23)24)10-16(17)18)13-2-4-14(5-3-13)21-9-8-19-11-21/h2-12,20H,1H3/t12-/m1/s1. The van der Waals surface area contributed by atoms with Crippen molar-refractivity contribution in [3.8, 4) is 5.69 Å². The number of hydrogen-bond acceptors (Lipinski definition) is 4. The lowest BCUT2D eigenvalue weighted by atomic mass is 10.1. The van der Waals surface area contributed by atoms with E-state index in [-0.39, 0.29) is 11.7 Å². The number of non-ortho nitro benzene ring substituents is 1. The lowest BCUT2D eigenvalue weighted by Crippen LogP contribution is -2.07. The lowest BCUT2D eigenvalue weighted by Gasteiger charge is -2.17. The molecule has 0 aliphatic carbocycles. The number of anilines is 1. The molecule has 0 spiro atoms. The van der Waals surface area contributed by atoms with Gasteiger partial charge in [-0.1, -0.05) is 23.7 Å². The van der Waals surface area contributed by atoms with Crippen molar-refractivity contribution < 1.29 is 4.92 Å². The summed E-state index contributed by atoms with van der Waals surface area (Å²) in [4.78, 5) is 14.3. The first kappa shape index (κ1) is 16.0. The van der Waals surface area contributed by atoms with Crippen LogP contribution in [0.4, 0.5) is 11.4 Å². The molecule has 1 atom stereocenters. The fourth-order valence-corrected chi connectivity index (χ4v) is 2.63. The molecule has 6 nitrogen and oxygen atoms in total. The largest absolute Gasteiger partial charge is 0.377 e. The monoisotopic (exact) mass is 342 g/mol. The molecule has 7 heteroatoms. The molecule has 1 N–H and O–H groups in total. The number of nitro benzene ring substituents is 1. The number of nitro groups is 1. The summed E-state index contributed by atoms with van der Waals surface area (Å²) < 4.78 is 1.93. The molecule has 1 heterocycles. The van der Waals surface area contributed by atoms with E-state index in [1.807, 2.05) is 42.0 Å². The third-order valence-corrected chi connectivity index (χ3v) is 4.04. The minimum absolute atomic E-state index is 0.000735. The molecule has 0 aliphatic heterocycles. The number of imidazole rings is 1. The number of rotatable bonds is 5. The highest BCUT2D eigenvalue weighted by Gasteiger charge is 2.12. The number of aromatic nitrogens is 2. The van der Waals surface area contributed by atoms with Crippen LogP contribution in [0.1, 0.15) is 18.5 Å². The summed E-state index contributed by atoms with van der Waals surface area (Å²) in [6.45, 7) is 2.00. The molecule has 0 radical (unpaired) electrons. The van der Waals surface area contributed by atoms with Crippen LogP contribution in [0.15, 0.2) is 61.2 Å². The Kier molecular flexibility index (Phi) is 4.48. The van der Waals surface area contributed by atoms with Gasteiger partial charge in [-0.3, -0.25) is 10.1 Å². The summed E-state index contributed by atoms with van der Waals surface area (Å²) in [5.41, 5.74) is 2.74. The van der Waals surface area contributed by atoms with Crippen molar-refractivity contribution in [2.24, 2.45) is 0 Å². The van der Waals surface area contributed by atoms with Crippen LogP contribution in [0.25, 0.3) is 5.69 Å². The van der Waals surface area contributed by atoms with Gasteiger partial charge in [0.15, 0.2) is 0 Å². The molecule has 0 fully saturated rings. The smallest absolute Gasteiger partial charge is 0.271 e. The van der Waals surface area contributed by atoms with Gasteiger partial charge in [0.05, 0.1) is 22.0 Å². The third kappa shape index (κ3) is 3.38. The second-order valence-corrected chi connectivity index (χ2v) is 5.76. The summed E-state index contributed by atoms with van der Waals surface area (Å²) in [6.07, 6.45) is 5.36. The summed E-state index contributed by atoms with van der Waals surface area (Å²) in [6, 6.07) is 12.5. The first-order valence-corrected chi connectivity index (χ1v) is 7.71. The number of nitrogens with one attached hydrogen (secondary N) is 1. The minimum atomic E-state index is -0.464. The first-order chi connectivity index (χ1) is 11.5. The van der Waals surface area contributed by atoms with Crippen molar-refractivity contribution in [2.75, 3.05) is 5.32 Å². The van der Waals surface area contributed by atoms with Crippen molar-refractivity contribution in [1.29, 1.82) is 0 Å². The van der Waals surface area contributed by atoms with Gasteiger partial charge in [-0.05, 0) is 30.7 Å². The van der Waals surface area contributed by atoms with Gasteiger partial charge in [-0.15, -0.1) is 0 Å². The van der Waals surface area contributed by atoms with E-state index in [9.17, 15) is 10.1 Å². The van der Waals surface area contributed by atoms with E-state index in [0.29, 0.717) is 10.7 Å². The van der Waals surface area contributed by atoms with Gasteiger partial charge in [-0.25, -0.2) is 4.98 Å². The van der Waals surface area contributed by atoms with Crippen LogP contribution in [0.2, 0.25) is 5.02 Å². The fourth-order valence-electron chi connectivity index (χ4n) is 2.40. The summed E-state index contributed by atoms with van der Waals surface area (Å²) in [5.74, 6) is 0. The Morgan fingerprint density at radius 3 is 2.58 bits per heavy atom. The highest BCUT2D eigenvalue weighted by atomic mass is 35.5. The summed E-state index contributed by atoms with van der Waals surface area (Å²) in [5, 5.41) is 14.4. The maximum atomic E-state index is 10.8. The van der Waals surface area contributed by atoms with Gasteiger partial charge in [0.2, 0.25) is 0 Å². The van der Waals surface area contributed by atoms with Gasteiger partial charge in [-0.2, -0.15) is 0 Å². The van der Waals surface area contributed by atoms with Gasteiger partial charge >= 0.3 is 0 Å². The molecule has 122 valence electrons. The van der Waals surface area contributed by atoms with Crippen LogP contribution in [-0.4, -0.2) is 14.5 Å². The minimum Gasteiger partial charge on any atom is -0.377 e. The van der Waals surface area contributed by atoms with E-state index < -0.39 is 4.92 Å². The predicted molar refractivity (Wildman–Crippen MR) is 93.7 cm³/mol. The molecule has 1 aromatic heterocycles. The molecule has 2 aromatic carbocycles. The van der Waals surface area contributed by atoms with E-state index in [2.05, 4.69) is 10.3 Å². The van der Waals surface area contributed by atoms with E-state index in [0.717, 1.165) is 11.3 Å². The van der Waals surface area contributed by atoms with Gasteiger partial charge < -0.3 is 9.88 Å². The second kappa shape index (κ2) is 6.72. The number of hydrogen-bond donors (Lipinski definition) is 1. The van der Waals surface area contributed by atoms with Crippen LogP contribution in [0, 0.1) is 10.1 Å². The Morgan fingerprint density at radius 2 is 2.00 bits per heavy atom. The SMILES string of the molecule is C[C@@H](Nc1ccc([N+](=O)[O-])cc1Cl)c1ccc(-n2ccnc2)cc1. The average molecular weight is 343 g/mol. The van der Waals surface area contributed by atoms with E-state index in [1.54, 1.807) is 18.6 Å². The van der Waals surface area contributed by atoms with E-state index in [1.165, 1.54) is 12.1 Å². The molecule has 3 rings (SSSR count). The highest BCUT2D eigenvalue weighted by Crippen LogP contribution is 2.29. The Balaban J connectivity index is 1.75. The molecule has 0 amide bonds. The Hall–Kier alpha value is -2.86. The molecular weight excluding hydrogens is 328 g/mol. The summed E-state index contributed by atoms with van der Waals surface area (Å²) >= 11 is 6.12. The Labute approximate surface area is 143 Å². The molecule has 3 aromatic rings. The third-order valence-electron chi connectivity index (χ3n) is 3.73. The van der Waals surface area contributed by atoms with Gasteiger partial charge in [0, 0.05) is 36.3 Å². The summed E-state index contributed by atoms with van der Waals surface area (Å²) in [7, 11) is 0. The topological polar surface area (TPSA) is 73.0 Å². The first-order valence-electron chi connectivity index (χ1n) is 7.33. The number of nitrogens with zero attached hydrogens (tertiary/aromatic N) is 3. The van der Waals surface area contributed by atoms with Crippen molar-refractivity contribution in [3.05, 3.63) is 81.9 Å². The van der Waals surface area contributed by atoms with Crippen molar-refractivity contribution >= 4 is 23.0 Å². The van der Waals surface area contributed by atoms with Crippen molar-refractivity contribution in [1.82, 2.24) is 9.55 Å². The maximum absolute atomic E-state index is 10.8. The highest BCUT2D eigenvalue weighted by molar-refractivity contribution is 6.33. The van der Waals surface area contributed by atoms with Crippen LogP contribution >= 0.6 is 11.6 Å². The van der Waals surface area contributed by atoms with E-state index >= 15 is 0 Å².